The maximum Gasteiger partial charge on any atom is 0.413 e. The number of aromatic nitrogens is 3. The first-order valence-electron chi connectivity index (χ1n) is 11.2. The van der Waals surface area contributed by atoms with Crippen molar-refractivity contribution in [2.24, 2.45) is 0 Å². The van der Waals surface area contributed by atoms with Gasteiger partial charge in [0.25, 0.3) is 0 Å². The SMILES string of the molecule is CN(C(=O)NCc1cccc(F)c1Cl)[C@@H](Cc1cnc[nH]1)CN(C(=O)O)c1cc2cc(F)ccc2cn1. The number of benzene rings is 2. The van der Waals surface area contributed by atoms with Crippen molar-refractivity contribution in [3.63, 3.8) is 0 Å². The summed E-state index contributed by atoms with van der Waals surface area (Å²) >= 11 is 5.98. The monoisotopic (exact) mass is 528 g/mol. The molecule has 2 heterocycles. The van der Waals surface area contributed by atoms with E-state index in [4.69, 9.17) is 11.6 Å². The van der Waals surface area contributed by atoms with E-state index in [2.05, 4.69) is 20.3 Å². The highest BCUT2D eigenvalue weighted by molar-refractivity contribution is 6.31. The van der Waals surface area contributed by atoms with Crippen LogP contribution in [0.5, 0.6) is 0 Å². The lowest BCUT2D eigenvalue weighted by atomic mass is 10.1. The molecule has 0 aliphatic carbocycles. The van der Waals surface area contributed by atoms with E-state index >= 15 is 0 Å². The molecule has 0 fully saturated rings. The normalized spacial score (nSPS) is 11.8. The van der Waals surface area contributed by atoms with E-state index in [0.29, 0.717) is 22.0 Å². The van der Waals surface area contributed by atoms with E-state index in [0.717, 1.165) is 4.90 Å². The van der Waals surface area contributed by atoms with Crippen LogP contribution in [0.4, 0.5) is 24.2 Å². The molecule has 3 N–H and O–H groups in total. The average molecular weight is 529 g/mol. The van der Waals surface area contributed by atoms with Gasteiger partial charge in [-0.3, -0.25) is 4.90 Å². The van der Waals surface area contributed by atoms with Gasteiger partial charge in [-0.1, -0.05) is 23.7 Å². The summed E-state index contributed by atoms with van der Waals surface area (Å²) in [6, 6.07) is 8.73. The Labute approximate surface area is 215 Å². The summed E-state index contributed by atoms with van der Waals surface area (Å²) in [6.07, 6.45) is 3.47. The summed E-state index contributed by atoms with van der Waals surface area (Å²) in [5, 5.41) is 13.7. The molecule has 37 heavy (non-hydrogen) atoms. The van der Waals surface area contributed by atoms with Crippen LogP contribution < -0.4 is 10.2 Å². The van der Waals surface area contributed by atoms with E-state index in [-0.39, 0.29) is 30.4 Å². The second-order valence-electron chi connectivity index (χ2n) is 8.34. The number of amides is 3. The van der Waals surface area contributed by atoms with Crippen molar-refractivity contribution < 1.29 is 23.5 Å². The van der Waals surface area contributed by atoms with Gasteiger partial charge in [-0.25, -0.2) is 28.3 Å². The first kappa shape index (κ1) is 25.8. The lowest BCUT2D eigenvalue weighted by Crippen LogP contribution is -2.50. The van der Waals surface area contributed by atoms with Crippen molar-refractivity contribution in [1.29, 1.82) is 0 Å². The van der Waals surface area contributed by atoms with E-state index in [1.165, 1.54) is 54.8 Å². The molecule has 12 heteroatoms. The Morgan fingerprint density at radius 3 is 2.70 bits per heavy atom. The van der Waals surface area contributed by atoms with Crippen LogP contribution in [-0.2, 0) is 13.0 Å². The standard InChI is InChI=1S/C25H23ClF2N6O3/c1-33(24(35)31-11-16-3-2-4-21(28)23(16)26)20(9-19-12-29-14-32-19)13-34(25(36)37)22-8-17-7-18(27)6-5-15(17)10-30-22/h2-8,10,12,14,20H,9,11,13H2,1H3,(H,29,32)(H,31,35)(H,36,37)/t20-/m0/s1. The van der Waals surface area contributed by atoms with Gasteiger partial charge in [0, 0.05) is 43.5 Å². The number of pyridine rings is 1. The molecule has 0 radical (unpaired) electrons. The Morgan fingerprint density at radius 2 is 1.97 bits per heavy atom. The fraction of sp³-hybridized carbons (Fsp3) is 0.200. The van der Waals surface area contributed by atoms with Crippen molar-refractivity contribution in [2.45, 2.75) is 19.0 Å². The van der Waals surface area contributed by atoms with Crippen LogP contribution in [0.15, 0.2) is 61.2 Å². The van der Waals surface area contributed by atoms with Gasteiger partial charge in [0.2, 0.25) is 0 Å². The van der Waals surface area contributed by atoms with Gasteiger partial charge in [0.1, 0.15) is 17.5 Å². The molecule has 4 aromatic rings. The average Bonchev–Trinajstić information content (AvgIpc) is 3.39. The minimum Gasteiger partial charge on any atom is -0.465 e. The largest absolute Gasteiger partial charge is 0.465 e. The molecular weight excluding hydrogens is 506 g/mol. The summed E-state index contributed by atoms with van der Waals surface area (Å²) in [5.41, 5.74) is 1.07. The Hall–Kier alpha value is -4.25. The van der Waals surface area contributed by atoms with Gasteiger partial charge >= 0.3 is 12.1 Å². The van der Waals surface area contributed by atoms with Crippen LogP contribution in [-0.4, -0.2) is 56.7 Å². The van der Waals surface area contributed by atoms with Crippen LogP contribution in [0.1, 0.15) is 11.3 Å². The summed E-state index contributed by atoms with van der Waals surface area (Å²) in [5.74, 6) is -0.974. The number of carbonyl (C=O) groups is 2. The van der Waals surface area contributed by atoms with Gasteiger partial charge in [-0.2, -0.15) is 0 Å². The van der Waals surface area contributed by atoms with Crippen molar-refractivity contribution in [3.05, 3.63) is 89.1 Å². The Kier molecular flexibility index (Phi) is 7.83. The number of hydrogen-bond acceptors (Lipinski definition) is 4. The molecule has 192 valence electrons. The van der Waals surface area contributed by atoms with Gasteiger partial charge in [0.15, 0.2) is 0 Å². The molecule has 0 aliphatic heterocycles. The molecule has 0 saturated heterocycles. The number of aromatic amines is 1. The minimum absolute atomic E-state index is 0.0308. The molecule has 0 saturated carbocycles. The molecule has 0 unspecified atom stereocenters. The Balaban J connectivity index is 1.57. The molecule has 9 nitrogen and oxygen atoms in total. The third kappa shape index (κ3) is 6.12. The number of H-pyrrole nitrogens is 1. The third-order valence-corrected chi connectivity index (χ3v) is 6.33. The Morgan fingerprint density at radius 1 is 1.16 bits per heavy atom. The number of hydrogen-bond donors (Lipinski definition) is 3. The number of nitrogens with zero attached hydrogens (tertiary/aromatic N) is 4. The van der Waals surface area contributed by atoms with E-state index in [1.54, 1.807) is 18.3 Å². The number of halogens is 3. The summed E-state index contributed by atoms with van der Waals surface area (Å²) < 4.78 is 27.5. The molecule has 2 aromatic carbocycles. The first-order valence-corrected chi connectivity index (χ1v) is 11.6. The molecule has 4 rings (SSSR count). The van der Waals surface area contributed by atoms with Crippen LogP contribution in [0.2, 0.25) is 5.02 Å². The first-order chi connectivity index (χ1) is 17.7. The molecule has 1 atom stereocenters. The summed E-state index contributed by atoms with van der Waals surface area (Å²) in [6.45, 7) is -0.177. The van der Waals surface area contributed by atoms with Gasteiger partial charge in [-0.15, -0.1) is 0 Å². The zero-order valence-corrected chi connectivity index (χ0v) is 20.4. The van der Waals surface area contributed by atoms with Gasteiger partial charge in [-0.05, 0) is 41.3 Å². The van der Waals surface area contributed by atoms with Crippen LogP contribution in [0, 0.1) is 11.6 Å². The number of imidazole rings is 1. The number of urea groups is 1. The predicted molar refractivity (Wildman–Crippen MR) is 135 cm³/mol. The van der Waals surface area contributed by atoms with Crippen LogP contribution in [0.3, 0.4) is 0 Å². The number of likely N-dealkylation sites (N-methyl/N-ethyl adjacent to an activating group) is 1. The molecule has 3 amide bonds. The highest BCUT2D eigenvalue weighted by Crippen LogP contribution is 2.23. The molecule has 0 bridgehead atoms. The van der Waals surface area contributed by atoms with Crippen molar-refractivity contribution >= 4 is 40.3 Å². The van der Waals surface area contributed by atoms with E-state index in [9.17, 15) is 23.5 Å². The van der Waals surface area contributed by atoms with Crippen LogP contribution >= 0.6 is 11.6 Å². The minimum atomic E-state index is -1.29. The molecule has 0 aliphatic rings. The number of anilines is 1. The van der Waals surface area contributed by atoms with Gasteiger partial charge in [0.05, 0.1) is 23.9 Å². The smallest absolute Gasteiger partial charge is 0.413 e. The molecular formula is C25H23ClF2N6O3. The fourth-order valence-corrected chi connectivity index (χ4v) is 4.04. The third-order valence-electron chi connectivity index (χ3n) is 5.91. The molecule has 0 spiro atoms. The lowest BCUT2D eigenvalue weighted by molar-refractivity contribution is 0.182. The zero-order valence-electron chi connectivity index (χ0n) is 19.7. The lowest BCUT2D eigenvalue weighted by Gasteiger charge is -2.32. The maximum absolute atomic E-state index is 13.7. The number of carbonyl (C=O) groups excluding carboxylic acids is 1. The molecule has 2 aromatic heterocycles. The summed E-state index contributed by atoms with van der Waals surface area (Å²) in [7, 11) is 1.52. The predicted octanol–water partition coefficient (Wildman–Crippen LogP) is 4.83. The van der Waals surface area contributed by atoms with Crippen molar-refractivity contribution in [3.8, 4) is 0 Å². The quantitative estimate of drug-likeness (QED) is 0.303. The topological polar surface area (TPSA) is 114 Å². The zero-order chi connectivity index (χ0) is 26.5. The highest BCUT2D eigenvalue weighted by atomic mass is 35.5. The van der Waals surface area contributed by atoms with Crippen LogP contribution in [0.25, 0.3) is 10.8 Å². The summed E-state index contributed by atoms with van der Waals surface area (Å²) in [4.78, 5) is 38.8. The van der Waals surface area contributed by atoms with E-state index in [1.807, 2.05) is 0 Å². The second kappa shape index (κ2) is 11.2. The maximum atomic E-state index is 13.7. The number of carboxylic acid groups (broad SMARTS) is 1. The van der Waals surface area contributed by atoms with Crippen molar-refractivity contribution in [1.82, 2.24) is 25.2 Å². The Bertz CT molecular complexity index is 1420. The fourth-order valence-electron chi connectivity index (χ4n) is 3.85. The van der Waals surface area contributed by atoms with Gasteiger partial charge < -0.3 is 20.3 Å². The number of nitrogens with one attached hydrogen (secondary N) is 2. The number of rotatable bonds is 8. The van der Waals surface area contributed by atoms with Crippen molar-refractivity contribution in [2.75, 3.05) is 18.5 Å². The number of fused-ring (bicyclic) bond motifs is 1. The highest BCUT2D eigenvalue weighted by Gasteiger charge is 2.27. The second-order valence-corrected chi connectivity index (χ2v) is 8.72. The van der Waals surface area contributed by atoms with E-state index < -0.39 is 29.8 Å².